The molecule has 2 aromatic rings. The number of hydrogen-bond acceptors (Lipinski definition) is 5. The first-order valence-corrected chi connectivity index (χ1v) is 5.43. The van der Waals surface area contributed by atoms with Crippen molar-refractivity contribution in [2.24, 2.45) is 12.8 Å². The Labute approximate surface area is 104 Å². The average molecular weight is 246 g/mol. The first kappa shape index (κ1) is 12.2. The first-order chi connectivity index (χ1) is 8.66. The normalized spacial score (nSPS) is 12.1. The zero-order valence-electron chi connectivity index (χ0n) is 9.95. The van der Waals surface area contributed by atoms with Crippen molar-refractivity contribution in [3.8, 4) is 0 Å². The molecule has 0 spiro atoms. The lowest BCUT2D eigenvalue weighted by Crippen LogP contribution is -2.33. The van der Waals surface area contributed by atoms with Crippen LogP contribution in [0, 0.1) is 0 Å². The Hall–Kier alpha value is -2.28. The lowest BCUT2D eigenvalue weighted by molar-refractivity contribution is -0.122. The van der Waals surface area contributed by atoms with Crippen LogP contribution in [0.3, 0.4) is 0 Å². The summed E-state index contributed by atoms with van der Waals surface area (Å²) in [6.45, 7) is 0.329. The molecule has 0 saturated carbocycles. The Morgan fingerprint density at radius 1 is 1.61 bits per heavy atom. The standard InChI is InChI=1S/C11H14N6O/c1-17-6-8(4-16-17)10(12)11(18)14-5-9-2-3-13-7-15-9/h2-4,6-7,10H,5,12H2,1H3,(H,14,18). The van der Waals surface area contributed by atoms with E-state index in [1.54, 1.807) is 36.4 Å². The molecule has 1 unspecified atom stereocenters. The highest BCUT2D eigenvalue weighted by atomic mass is 16.2. The largest absolute Gasteiger partial charge is 0.349 e. The van der Waals surface area contributed by atoms with Gasteiger partial charge >= 0.3 is 0 Å². The van der Waals surface area contributed by atoms with Crippen LogP contribution in [0.2, 0.25) is 0 Å². The monoisotopic (exact) mass is 246 g/mol. The fraction of sp³-hybridized carbons (Fsp3) is 0.273. The van der Waals surface area contributed by atoms with Crippen molar-refractivity contribution in [3.63, 3.8) is 0 Å². The van der Waals surface area contributed by atoms with E-state index in [-0.39, 0.29) is 5.91 Å². The third kappa shape index (κ3) is 2.89. The number of carbonyl (C=O) groups is 1. The maximum Gasteiger partial charge on any atom is 0.241 e. The summed E-state index contributed by atoms with van der Waals surface area (Å²) in [6.07, 6.45) is 6.35. The molecular formula is C11H14N6O. The number of nitrogens with two attached hydrogens (primary N) is 1. The molecule has 0 aliphatic heterocycles. The molecule has 2 aromatic heterocycles. The fourth-order valence-electron chi connectivity index (χ4n) is 1.46. The van der Waals surface area contributed by atoms with Gasteiger partial charge in [0.2, 0.25) is 5.91 Å². The zero-order valence-corrected chi connectivity index (χ0v) is 9.95. The van der Waals surface area contributed by atoms with Crippen LogP contribution < -0.4 is 11.1 Å². The summed E-state index contributed by atoms with van der Waals surface area (Å²) >= 11 is 0. The summed E-state index contributed by atoms with van der Waals surface area (Å²) < 4.78 is 1.60. The second kappa shape index (κ2) is 5.37. The van der Waals surface area contributed by atoms with Crippen molar-refractivity contribution < 1.29 is 4.79 Å². The van der Waals surface area contributed by atoms with Crippen LogP contribution in [0.1, 0.15) is 17.3 Å². The molecule has 0 aromatic carbocycles. The van der Waals surface area contributed by atoms with Crippen molar-refractivity contribution in [2.75, 3.05) is 0 Å². The summed E-state index contributed by atoms with van der Waals surface area (Å²) in [5.41, 5.74) is 7.23. The fourth-order valence-corrected chi connectivity index (χ4v) is 1.46. The number of nitrogens with zero attached hydrogens (tertiary/aromatic N) is 4. The minimum Gasteiger partial charge on any atom is -0.349 e. The topological polar surface area (TPSA) is 98.7 Å². The van der Waals surface area contributed by atoms with E-state index in [0.717, 1.165) is 5.69 Å². The number of aryl methyl sites for hydroxylation is 1. The Bertz CT molecular complexity index is 523. The molecule has 0 fully saturated rings. The third-order valence-electron chi connectivity index (χ3n) is 2.45. The van der Waals surface area contributed by atoms with Crippen LogP contribution >= 0.6 is 0 Å². The summed E-state index contributed by atoms with van der Waals surface area (Å²) in [6, 6.07) is 1.01. The molecule has 2 heterocycles. The van der Waals surface area contributed by atoms with Gasteiger partial charge in [-0.25, -0.2) is 9.97 Å². The Morgan fingerprint density at radius 3 is 3.06 bits per heavy atom. The number of amides is 1. The second-order valence-corrected chi connectivity index (χ2v) is 3.84. The van der Waals surface area contributed by atoms with E-state index >= 15 is 0 Å². The van der Waals surface area contributed by atoms with Gasteiger partial charge < -0.3 is 11.1 Å². The summed E-state index contributed by atoms with van der Waals surface area (Å²) in [5, 5.41) is 6.69. The summed E-state index contributed by atoms with van der Waals surface area (Å²) in [4.78, 5) is 19.6. The van der Waals surface area contributed by atoms with Gasteiger partial charge in [-0.15, -0.1) is 0 Å². The van der Waals surface area contributed by atoms with Gasteiger partial charge in [0.25, 0.3) is 0 Å². The molecule has 7 heteroatoms. The van der Waals surface area contributed by atoms with Crippen LogP contribution in [0.25, 0.3) is 0 Å². The number of carbonyl (C=O) groups excluding carboxylic acids is 1. The van der Waals surface area contributed by atoms with Gasteiger partial charge in [-0.3, -0.25) is 9.48 Å². The second-order valence-electron chi connectivity index (χ2n) is 3.84. The molecule has 0 radical (unpaired) electrons. The molecule has 1 amide bonds. The lowest BCUT2D eigenvalue weighted by atomic mass is 10.1. The van der Waals surface area contributed by atoms with Crippen molar-refractivity contribution >= 4 is 5.91 Å². The number of rotatable bonds is 4. The van der Waals surface area contributed by atoms with E-state index < -0.39 is 6.04 Å². The average Bonchev–Trinajstić information content (AvgIpc) is 2.83. The van der Waals surface area contributed by atoms with Gasteiger partial charge in [0.15, 0.2) is 0 Å². The van der Waals surface area contributed by atoms with Gasteiger partial charge in [-0.1, -0.05) is 0 Å². The predicted molar refractivity (Wildman–Crippen MR) is 64.0 cm³/mol. The molecular weight excluding hydrogens is 232 g/mol. The molecule has 7 nitrogen and oxygen atoms in total. The molecule has 94 valence electrons. The quantitative estimate of drug-likeness (QED) is 0.759. The molecule has 0 aliphatic rings. The highest BCUT2D eigenvalue weighted by molar-refractivity contribution is 5.82. The maximum atomic E-state index is 11.8. The highest BCUT2D eigenvalue weighted by Gasteiger charge is 2.16. The Morgan fingerprint density at radius 2 is 2.44 bits per heavy atom. The number of aromatic nitrogens is 4. The van der Waals surface area contributed by atoms with Gasteiger partial charge in [-0.2, -0.15) is 5.10 Å². The van der Waals surface area contributed by atoms with E-state index in [1.807, 2.05) is 0 Å². The summed E-state index contributed by atoms with van der Waals surface area (Å²) in [5.74, 6) is -0.262. The Kier molecular flexibility index (Phi) is 3.63. The minimum absolute atomic E-state index is 0.262. The van der Waals surface area contributed by atoms with Crippen molar-refractivity contribution in [2.45, 2.75) is 12.6 Å². The Balaban J connectivity index is 1.92. The van der Waals surface area contributed by atoms with E-state index in [2.05, 4.69) is 20.4 Å². The molecule has 0 bridgehead atoms. The van der Waals surface area contributed by atoms with Crippen LogP contribution in [0.15, 0.2) is 31.0 Å². The van der Waals surface area contributed by atoms with Crippen LogP contribution in [-0.2, 0) is 18.4 Å². The molecule has 18 heavy (non-hydrogen) atoms. The van der Waals surface area contributed by atoms with E-state index in [4.69, 9.17) is 5.73 Å². The highest BCUT2D eigenvalue weighted by Crippen LogP contribution is 2.08. The van der Waals surface area contributed by atoms with Gasteiger partial charge in [0.05, 0.1) is 18.4 Å². The predicted octanol–water partition coefficient (Wildman–Crippen LogP) is -0.474. The summed E-state index contributed by atoms with van der Waals surface area (Å²) in [7, 11) is 1.77. The lowest BCUT2D eigenvalue weighted by Gasteiger charge is -2.09. The van der Waals surface area contributed by atoms with Crippen LogP contribution in [0.4, 0.5) is 0 Å². The van der Waals surface area contributed by atoms with E-state index in [9.17, 15) is 4.79 Å². The van der Waals surface area contributed by atoms with Crippen molar-refractivity contribution in [1.29, 1.82) is 0 Å². The molecule has 0 saturated heterocycles. The number of hydrogen-bond donors (Lipinski definition) is 2. The maximum absolute atomic E-state index is 11.8. The van der Waals surface area contributed by atoms with Crippen LogP contribution in [0.5, 0.6) is 0 Å². The van der Waals surface area contributed by atoms with Gasteiger partial charge in [0.1, 0.15) is 12.4 Å². The molecule has 2 rings (SSSR count). The zero-order chi connectivity index (χ0) is 13.0. The van der Waals surface area contributed by atoms with Crippen molar-refractivity contribution in [1.82, 2.24) is 25.1 Å². The first-order valence-electron chi connectivity index (χ1n) is 5.43. The minimum atomic E-state index is -0.722. The smallest absolute Gasteiger partial charge is 0.241 e. The molecule has 3 N–H and O–H groups in total. The number of nitrogens with one attached hydrogen (secondary N) is 1. The van der Waals surface area contributed by atoms with E-state index in [1.165, 1.54) is 6.33 Å². The third-order valence-corrected chi connectivity index (χ3v) is 2.45. The SMILES string of the molecule is Cn1cc(C(N)C(=O)NCc2ccncn2)cn1. The van der Waals surface area contributed by atoms with E-state index in [0.29, 0.717) is 12.1 Å². The van der Waals surface area contributed by atoms with Crippen molar-refractivity contribution in [3.05, 3.63) is 42.2 Å². The van der Waals surface area contributed by atoms with Crippen LogP contribution in [-0.4, -0.2) is 25.7 Å². The molecule has 0 aliphatic carbocycles. The van der Waals surface area contributed by atoms with Gasteiger partial charge in [-0.05, 0) is 6.07 Å². The van der Waals surface area contributed by atoms with Gasteiger partial charge in [0, 0.05) is 25.0 Å². The molecule has 1 atom stereocenters.